The molecule has 0 aliphatic carbocycles. The van der Waals surface area contributed by atoms with E-state index in [1.165, 1.54) is 11.8 Å². The van der Waals surface area contributed by atoms with Crippen LogP contribution in [0, 0.1) is 13.8 Å². The number of fused-ring (bicyclic) bond motifs is 2. The summed E-state index contributed by atoms with van der Waals surface area (Å²) >= 11 is 1.48. The third-order valence-corrected chi connectivity index (χ3v) is 6.39. The molecule has 1 aliphatic heterocycles. The highest BCUT2D eigenvalue weighted by molar-refractivity contribution is 7.99. The smallest absolute Gasteiger partial charge is 0.265 e. The van der Waals surface area contributed by atoms with Gasteiger partial charge >= 0.3 is 0 Å². The molecule has 4 heterocycles. The van der Waals surface area contributed by atoms with Crippen molar-refractivity contribution in [2.24, 2.45) is 0 Å². The lowest BCUT2D eigenvalue weighted by Gasteiger charge is -2.13. The van der Waals surface area contributed by atoms with Crippen molar-refractivity contribution in [3.05, 3.63) is 70.3 Å². The molecule has 0 radical (unpaired) electrons. The molecule has 156 valence electrons. The second-order valence-corrected chi connectivity index (χ2v) is 8.52. The van der Waals surface area contributed by atoms with Gasteiger partial charge in [-0.2, -0.15) is 5.10 Å². The standard InChI is InChI=1S/C22H20N6O2S/c1-13-6-3-4-8-17(13)28-20-16(11-23-28)21(30)27-15(12-31-22(27)26-20)10-19(29)25-18-9-5-7-14(2)24-18/h3-9,11,15H,10,12H2,1-2H3,(H,24,25,29). The molecule has 8 nitrogen and oxygen atoms in total. The van der Waals surface area contributed by atoms with Crippen LogP contribution in [-0.2, 0) is 4.79 Å². The van der Waals surface area contributed by atoms with E-state index in [1.54, 1.807) is 21.5 Å². The zero-order chi connectivity index (χ0) is 21.5. The molecular formula is C22H20N6O2S. The predicted octanol–water partition coefficient (Wildman–Crippen LogP) is 3.27. The number of pyridine rings is 1. The third-order valence-electron chi connectivity index (χ3n) is 5.29. The molecule has 0 fully saturated rings. The van der Waals surface area contributed by atoms with Crippen LogP contribution in [0.4, 0.5) is 5.82 Å². The minimum Gasteiger partial charge on any atom is -0.311 e. The summed E-state index contributed by atoms with van der Waals surface area (Å²) in [5, 5.41) is 8.29. The van der Waals surface area contributed by atoms with Gasteiger partial charge < -0.3 is 5.32 Å². The molecule has 1 N–H and O–H groups in total. The lowest BCUT2D eigenvalue weighted by molar-refractivity contribution is -0.116. The number of nitrogens with zero attached hydrogens (tertiary/aromatic N) is 5. The van der Waals surface area contributed by atoms with Gasteiger partial charge in [0.15, 0.2) is 10.8 Å². The van der Waals surface area contributed by atoms with Gasteiger partial charge in [0.1, 0.15) is 11.2 Å². The summed E-state index contributed by atoms with van der Waals surface area (Å²) in [5.41, 5.74) is 3.12. The van der Waals surface area contributed by atoms with Gasteiger partial charge in [-0.25, -0.2) is 14.6 Å². The zero-order valence-electron chi connectivity index (χ0n) is 17.1. The number of amides is 1. The Morgan fingerprint density at radius 2 is 2.00 bits per heavy atom. The van der Waals surface area contributed by atoms with E-state index in [9.17, 15) is 9.59 Å². The molecule has 0 spiro atoms. The molecule has 1 aromatic carbocycles. The number of anilines is 1. The van der Waals surface area contributed by atoms with Crippen molar-refractivity contribution in [2.75, 3.05) is 11.1 Å². The van der Waals surface area contributed by atoms with Crippen molar-refractivity contribution in [1.29, 1.82) is 0 Å². The van der Waals surface area contributed by atoms with E-state index in [0.29, 0.717) is 27.8 Å². The Morgan fingerprint density at radius 3 is 2.81 bits per heavy atom. The SMILES string of the molecule is Cc1cccc(NC(=O)CC2CSc3nc4c(cnn4-c4ccccc4C)c(=O)n32)n1. The number of aryl methyl sites for hydroxylation is 2. The van der Waals surface area contributed by atoms with Crippen molar-refractivity contribution < 1.29 is 4.79 Å². The number of hydrogen-bond acceptors (Lipinski definition) is 6. The Morgan fingerprint density at radius 1 is 1.16 bits per heavy atom. The maximum Gasteiger partial charge on any atom is 0.265 e. The molecule has 0 saturated heterocycles. The first-order valence-corrected chi connectivity index (χ1v) is 10.9. The van der Waals surface area contributed by atoms with Crippen molar-refractivity contribution in [2.45, 2.75) is 31.5 Å². The Hall–Kier alpha value is -3.46. The van der Waals surface area contributed by atoms with Crippen molar-refractivity contribution in [3.63, 3.8) is 0 Å². The Labute approximate surface area is 182 Å². The quantitative estimate of drug-likeness (QED) is 0.498. The first-order valence-electron chi connectivity index (χ1n) is 9.94. The maximum atomic E-state index is 13.3. The van der Waals surface area contributed by atoms with Gasteiger partial charge in [-0.15, -0.1) is 0 Å². The third kappa shape index (κ3) is 3.50. The lowest BCUT2D eigenvalue weighted by Crippen LogP contribution is -2.28. The lowest BCUT2D eigenvalue weighted by atomic mass is 10.2. The molecule has 3 aromatic heterocycles. The summed E-state index contributed by atoms with van der Waals surface area (Å²) in [6, 6.07) is 13.0. The fourth-order valence-electron chi connectivity index (χ4n) is 3.78. The van der Waals surface area contributed by atoms with Gasteiger partial charge in [-0.3, -0.25) is 14.2 Å². The second-order valence-electron chi connectivity index (χ2n) is 7.53. The average molecular weight is 433 g/mol. The molecule has 4 aromatic rings. The first-order chi connectivity index (χ1) is 15.0. The van der Waals surface area contributed by atoms with Gasteiger partial charge in [0.2, 0.25) is 5.91 Å². The number of carbonyl (C=O) groups is 1. The number of benzene rings is 1. The second kappa shape index (κ2) is 7.66. The fourth-order valence-corrected chi connectivity index (χ4v) is 4.91. The van der Waals surface area contributed by atoms with Gasteiger partial charge in [-0.05, 0) is 37.6 Å². The van der Waals surface area contributed by atoms with Crippen LogP contribution < -0.4 is 10.9 Å². The monoisotopic (exact) mass is 432 g/mol. The highest BCUT2D eigenvalue weighted by Crippen LogP contribution is 2.33. The molecule has 1 amide bonds. The molecule has 5 rings (SSSR count). The number of para-hydroxylation sites is 1. The number of thioether (sulfide) groups is 1. The Bertz CT molecular complexity index is 1380. The van der Waals surface area contributed by atoms with E-state index in [1.807, 2.05) is 50.2 Å². The van der Waals surface area contributed by atoms with E-state index >= 15 is 0 Å². The van der Waals surface area contributed by atoms with E-state index in [2.05, 4.69) is 15.4 Å². The highest BCUT2D eigenvalue weighted by atomic mass is 32.2. The number of nitrogens with one attached hydrogen (secondary N) is 1. The Balaban J connectivity index is 1.46. The predicted molar refractivity (Wildman–Crippen MR) is 120 cm³/mol. The van der Waals surface area contributed by atoms with Gasteiger partial charge in [0.05, 0.1) is 17.9 Å². The van der Waals surface area contributed by atoms with E-state index in [-0.39, 0.29) is 23.9 Å². The fraction of sp³-hybridized carbons (Fsp3) is 0.227. The summed E-state index contributed by atoms with van der Waals surface area (Å²) in [6.07, 6.45) is 1.73. The molecule has 1 aliphatic rings. The topological polar surface area (TPSA) is 94.7 Å². The molecule has 9 heteroatoms. The van der Waals surface area contributed by atoms with E-state index in [4.69, 9.17) is 4.98 Å². The molecular weight excluding hydrogens is 412 g/mol. The summed E-state index contributed by atoms with van der Waals surface area (Å²) in [5.74, 6) is 0.942. The highest BCUT2D eigenvalue weighted by Gasteiger charge is 2.29. The number of hydrogen-bond donors (Lipinski definition) is 1. The maximum absolute atomic E-state index is 13.3. The minimum atomic E-state index is -0.268. The average Bonchev–Trinajstić information content (AvgIpc) is 3.33. The van der Waals surface area contributed by atoms with Crippen molar-refractivity contribution >= 4 is 34.5 Å². The molecule has 1 atom stereocenters. The largest absolute Gasteiger partial charge is 0.311 e. The summed E-state index contributed by atoms with van der Waals surface area (Å²) in [6.45, 7) is 3.86. The van der Waals surface area contributed by atoms with Crippen LogP contribution in [0.1, 0.15) is 23.7 Å². The van der Waals surface area contributed by atoms with Crippen LogP contribution in [0.15, 0.2) is 58.6 Å². The van der Waals surface area contributed by atoms with Crippen LogP contribution in [0.5, 0.6) is 0 Å². The summed E-state index contributed by atoms with van der Waals surface area (Å²) in [4.78, 5) is 34.9. The zero-order valence-corrected chi connectivity index (χ0v) is 17.9. The van der Waals surface area contributed by atoms with E-state index in [0.717, 1.165) is 16.9 Å². The van der Waals surface area contributed by atoms with Crippen molar-refractivity contribution in [3.8, 4) is 5.69 Å². The van der Waals surface area contributed by atoms with Crippen molar-refractivity contribution in [1.82, 2.24) is 24.3 Å². The molecule has 31 heavy (non-hydrogen) atoms. The minimum absolute atomic E-state index is 0.170. The number of aromatic nitrogens is 5. The van der Waals surface area contributed by atoms with Crippen LogP contribution in [0.25, 0.3) is 16.7 Å². The first kappa shape index (κ1) is 19.5. The van der Waals surface area contributed by atoms with Crippen LogP contribution in [0.2, 0.25) is 0 Å². The van der Waals surface area contributed by atoms with Crippen LogP contribution in [0.3, 0.4) is 0 Å². The van der Waals surface area contributed by atoms with Gasteiger partial charge in [0.25, 0.3) is 5.56 Å². The van der Waals surface area contributed by atoms with Crippen LogP contribution in [-0.4, -0.2) is 36.0 Å². The molecule has 0 bridgehead atoms. The van der Waals surface area contributed by atoms with Gasteiger partial charge in [-0.1, -0.05) is 36.0 Å². The molecule has 0 saturated carbocycles. The molecule has 1 unspecified atom stereocenters. The normalized spacial score (nSPS) is 15.2. The van der Waals surface area contributed by atoms with E-state index < -0.39 is 0 Å². The Kier molecular flexibility index (Phi) is 4.82. The summed E-state index contributed by atoms with van der Waals surface area (Å²) < 4.78 is 3.33. The number of carbonyl (C=O) groups excluding carboxylic acids is 1. The van der Waals surface area contributed by atoms with Gasteiger partial charge in [0, 0.05) is 17.9 Å². The summed E-state index contributed by atoms with van der Waals surface area (Å²) in [7, 11) is 0. The van der Waals surface area contributed by atoms with Crippen LogP contribution >= 0.6 is 11.8 Å². The number of rotatable bonds is 4.